The number of rotatable bonds is 5. The monoisotopic (exact) mass is 174 g/mol. The molecule has 0 unspecified atom stereocenters. The van der Waals surface area contributed by atoms with E-state index in [1.165, 1.54) is 6.42 Å². The molecule has 0 fully saturated rings. The summed E-state index contributed by atoms with van der Waals surface area (Å²) in [6.07, 6.45) is 1.16. The third-order valence-corrected chi connectivity index (χ3v) is 1.77. The molecular weight excluding hydrogens is 156 g/mol. The SMILES string of the molecule is CCN(C)CCCNC(C)=S. The van der Waals surface area contributed by atoms with Crippen LogP contribution in [0.2, 0.25) is 0 Å². The van der Waals surface area contributed by atoms with Crippen LogP contribution in [0, 0.1) is 0 Å². The highest BCUT2D eigenvalue weighted by atomic mass is 32.1. The highest BCUT2D eigenvalue weighted by molar-refractivity contribution is 7.80. The number of hydrogen-bond donors (Lipinski definition) is 1. The Morgan fingerprint density at radius 1 is 1.55 bits per heavy atom. The average molecular weight is 174 g/mol. The van der Waals surface area contributed by atoms with Gasteiger partial charge < -0.3 is 10.2 Å². The van der Waals surface area contributed by atoms with Crippen molar-refractivity contribution in [2.75, 3.05) is 26.7 Å². The first kappa shape index (κ1) is 10.8. The molecule has 0 aliphatic heterocycles. The van der Waals surface area contributed by atoms with E-state index in [2.05, 4.69) is 24.2 Å². The zero-order valence-electron chi connectivity index (χ0n) is 7.68. The van der Waals surface area contributed by atoms with Crippen LogP contribution in [0.3, 0.4) is 0 Å². The molecule has 0 radical (unpaired) electrons. The van der Waals surface area contributed by atoms with Gasteiger partial charge in [0.1, 0.15) is 0 Å². The lowest BCUT2D eigenvalue weighted by atomic mass is 10.4. The van der Waals surface area contributed by atoms with Crippen LogP contribution in [0.4, 0.5) is 0 Å². The smallest absolute Gasteiger partial charge is 0.0721 e. The first-order chi connectivity index (χ1) is 5.16. The summed E-state index contributed by atoms with van der Waals surface area (Å²) in [6, 6.07) is 0. The Hall–Kier alpha value is -0.150. The summed E-state index contributed by atoms with van der Waals surface area (Å²) in [4.78, 5) is 3.18. The Morgan fingerprint density at radius 2 is 2.18 bits per heavy atom. The Morgan fingerprint density at radius 3 is 2.64 bits per heavy atom. The van der Waals surface area contributed by atoms with Gasteiger partial charge in [0.25, 0.3) is 0 Å². The molecule has 0 spiro atoms. The maximum atomic E-state index is 4.88. The standard InChI is InChI=1S/C8H18N2S/c1-4-10(3)7-5-6-9-8(2)11/h4-7H2,1-3H3,(H,9,11). The Balaban J connectivity index is 3.08. The van der Waals surface area contributed by atoms with Crippen molar-refractivity contribution in [2.24, 2.45) is 0 Å². The zero-order valence-corrected chi connectivity index (χ0v) is 8.50. The van der Waals surface area contributed by atoms with Crippen molar-refractivity contribution in [2.45, 2.75) is 20.3 Å². The van der Waals surface area contributed by atoms with Crippen LogP contribution in [0.15, 0.2) is 0 Å². The largest absolute Gasteiger partial charge is 0.380 e. The van der Waals surface area contributed by atoms with Gasteiger partial charge in [-0.25, -0.2) is 0 Å². The molecule has 2 nitrogen and oxygen atoms in total. The van der Waals surface area contributed by atoms with Crippen molar-refractivity contribution in [3.8, 4) is 0 Å². The number of nitrogens with one attached hydrogen (secondary N) is 1. The van der Waals surface area contributed by atoms with Gasteiger partial charge in [0, 0.05) is 6.54 Å². The average Bonchev–Trinajstić information content (AvgIpc) is 1.97. The third kappa shape index (κ3) is 7.75. The quantitative estimate of drug-likeness (QED) is 0.499. The van der Waals surface area contributed by atoms with Crippen LogP contribution in [-0.4, -0.2) is 36.6 Å². The fraction of sp³-hybridized carbons (Fsp3) is 0.875. The summed E-state index contributed by atoms with van der Waals surface area (Å²) in [6.45, 7) is 7.35. The van der Waals surface area contributed by atoms with Crippen LogP contribution in [0.5, 0.6) is 0 Å². The molecule has 66 valence electrons. The molecule has 0 saturated heterocycles. The molecule has 0 aromatic heterocycles. The van der Waals surface area contributed by atoms with Crippen LogP contribution < -0.4 is 5.32 Å². The van der Waals surface area contributed by atoms with E-state index in [9.17, 15) is 0 Å². The molecule has 0 amide bonds. The second kappa shape index (κ2) is 6.55. The van der Waals surface area contributed by atoms with Gasteiger partial charge in [-0.15, -0.1) is 0 Å². The van der Waals surface area contributed by atoms with Crippen LogP contribution >= 0.6 is 12.2 Å². The van der Waals surface area contributed by atoms with Gasteiger partial charge in [0.05, 0.1) is 4.99 Å². The van der Waals surface area contributed by atoms with Crippen LogP contribution in [0.1, 0.15) is 20.3 Å². The number of nitrogens with zero attached hydrogens (tertiary/aromatic N) is 1. The van der Waals surface area contributed by atoms with Crippen LogP contribution in [0.25, 0.3) is 0 Å². The van der Waals surface area contributed by atoms with Crippen molar-refractivity contribution in [1.82, 2.24) is 10.2 Å². The topological polar surface area (TPSA) is 15.3 Å². The Bertz CT molecular complexity index is 115. The molecule has 0 atom stereocenters. The van der Waals surface area contributed by atoms with E-state index in [0.717, 1.165) is 24.6 Å². The lowest BCUT2D eigenvalue weighted by Gasteiger charge is -2.13. The highest BCUT2D eigenvalue weighted by Crippen LogP contribution is 1.84. The minimum Gasteiger partial charge on any atom is -0.380 e. The van der Waals surface area contributed by atoms with Crippen molar-refractivity contribution < 1.29 is 0 Å². The molecule has 11 heavy (non-hydrogen) atoms. The molecule has 3 heteroatoms. The molecule has 0 bridgehead atoms. The normalized spacial score (nSPS) is 10.2. The lowest BCUT2D eigenvalue weighted by molar-refractivity contribution is 0.347. The molecule has 0 rings (SSSR count). The highest BCUT2D eigenvalue weighted by Gasteiger charge is 1.92. The lowest BCUT2D eigenvalue weighted by Crippen LogP contribution is -2.25. The van der Waals surface area contributed by atoms with Crippen LogP contribution in [-0.2, 0) is 0 Å². The minimum absolute atomic E-state index is 0.893. The first-order valence-corrected chi connectivity index (χ1v) is 4.50. The Kier molecular flexibility index (Phi) is 6.46. The summed E-state index contributed by atoms with van der Waals surface area (Å²) in [5.41, 5.74) is 0. The van der Waals surface area contributed by atoms with Crippen molar-refractivity contribution in [3.05, 3.63) is 0 Å². The zero-order chi connectivity index (χ0) is 8.69. The maximum Gasteiger partial charge on any atom is 0.0721 e. The van der Waals surface area contributed by atoms with Gasteiger partial charge in [-0.1, -0.05) is 19.1 Å². The molecule has 0 aliphatic rings. The molecule has 0 heterocycles. The summed E-state index contributed by atoms with van der Waals surface area (Å²) in [5.74, 6) is 0. The maximum absolute atomic E-state index is 4.88. The predicted molar refractivity (Wildman–Crippen MR) is 54.1 cm³/mol. The molecule has 0 saturated carbocycles. The molecule has 0 aromatic carbocycles. The summed E-state index contributed by atoms with van der Waals surface area (Å²) in [5, 5.41) is 3.13. The van der Waals surface area contributed by atoms with Gasteiger partial charge in [0.15, 0.2) is 0 Å². The van der Waals surface area contributed by atoms with E-state index in [4.69, 9.17) is 12.2 Å². The molecule has 0 aromatic rings. The predicted octanol–water partition coefficient (Wildman–Crippen LogP) is 1.27. The second-order valence-electron chi connectivity index (χ2n) is 2.73. The molecule has 0 aliphatic carbocycles. The van der Waals surface area contributed by atoms with E-state index in [1.54, 1.807) is 0 Å². The second-order valence-corrected chi connectivity index (χ2v) is 3.34. The minimum atomic E-state index is 0.893. The number of hydrogen-bond acceptors (Lipinski definition) is 2. The van der Waals surface area contributed by atoms with Gasteiger partial charge in [-0.05, 0) is 33.5 Å². The summed E-state index contributed by atoms with van der Waals surface area (Å²) < 4.78 is 0. The Labute approximate surface area is 75.0 Å². The van der Waals surface area contributed by atoms with E-state index in [1.807, 2.05) is 6.92 Å². The first-order valence-electron chi connectivity index (χ1n) is 4.09. The molecule has 1 N–H and O–H groups in total. The van der Waals surface area contributed by atoms with Gasteiger partial charge in [-0.2, -0.15) is 0 Å². The van der Waals surface area contributed by atoms with Crippen molar-refractivity contribution >= 4 is 17.2 Å². The fourth-order valence-corrected chi connectivity index (χ4v) is 0.874. The summed E-state index contributed by atoms with van der Waals surface area (Å²) >= 11 is 4.88. The van der Waals surface area contributed by atoms with E-state index in [0.29, 0.717) is 0 Å². The number of thiocarbonyl (C=S) groups is 1. The molecular formula is C8H18N2S. The fourth-order valence-electron chi connectivity index (χ4n) is 0.772. The van der Waals surface area contributed by atoms with E-state index < -0.39 is 0 Å². The third-order valence-electron chi connectivity index (χ3n) is 1.63. The van der Waals surface area contributed by atoms with Gasteiger partial charge in [-0.3, -0.25) is 0 Å². The van der Waals surface area contributed by atoms with Crippen molar-refractivity contribution in [3.63, 3.8) is 0 Å². The summed E-state index contributed by atoms with van der Waals surface area (Å²) in [7, 11) is 2.13. The van der Waals surface area contributed by atoms with Crippen molar-refractivity contribution in [1.29, 1.82) is 0 Å². The van der Waals surface area contributed by atoms with E-state index >= 15 is 0 Å². The van der Waals surface area contributed by atoms with Gasteiger partial charge in [0.2, 0.25) is 0 Å². The van der Waals surface area contributed by atoms with E-state index in [-0.39, 0.29) is 0 Å². The van der Waals surface area contributed by atoms with Gasteiger partial charge >= 0.3 is 0 Å².